The minimum absolute atomic E-state index is 0.193. The third kappa shape index (κ3) is 2.84. The van der Waals surface area contributed by atoms with Crippen molar-refractivity contribution in [3.63, 3.8) is 0 Å². The second-order valence-electron chi connectivity index (χ2n) is 4.72. The summed E-state index contributed by atoms with van der Waals surface area (Å²) in [6.45, 7) is 4.51. The van der Waals surface area contributed by atoms with Crippen LogP contribution >= 0.6 is 11.3 Å². The van der Waals surface area contributed by atoms with Crippen LogP contribution in [0.25, 0.3) is 10.9 Å². The number of hydrazone groups is 1. The van der Waals surface area contributed by atoms with Gasteiger partial charge in [0, 0.05) is 29.2 Å². The Kier molecular flexibility index (Phi) is 4.16. The largest absolute Gasteiger partial charge is 0.343 e. The molecule has 4 nitrogen and oxygen atoms in total. The van der Waals surface area contributed by atoms with E-state index in [-0.39, 0.29) is 5.91 Å². The molecule has 0 bridgehead atoms. The van der Waals surface area contributed by atoms with Gasteiger partial charge in [-0.3, -0.25) is 4.79 Å². The molecule has 0 atom stereocenters. The molecule has 0 spiro atoms. The van der Waals surface area contributed by atoms with E-state index in [9.17, 15) is 4.79 Å². The number of carbonyl (C=O) groups excluding carboxylic acids is 1. The average Bonchev–Trinajstić information content (AvgIpc) is 3.17. The minimum Gasteiger partial charge on any atom is -0.343 e. The Hall–Kier alpha value is -2.66. The lowest BCUT2D eigenvalue weighted by atomic mass is 10.2. The fraction of sp³-hybridized carbons (Fsp3) is 0.0588. The predicted molar refractivity (Wildman–Crippen MR) is 91.5 cm³/mol. The number of thiophene rings is 1. The van der Waals surface area contributed by atoms with Crippen LogP contribution in [0.1, 0.15) is 15.2 Å². The first kappa shape index (κ1) is 14.3. The summed E-state index contributed by atoms with van der Waals surface area (Å²) in [7, 11) is 0. The van der Waals surface area contributed by atoms with Gasteiger partial charge in [-0.05, 0) is 17.5 Å². The topological polar surface area (TPSA) is 46.4 Å². The normalized spacial score (nSPS) is 11.1. The van der Waals surface area contributed by atoms with Crippen LogP contribution in [0, 0.1) is 0 Å². The Bertz CT molecular complexity index is 831. The van der Waals surface area contributed by atoms with Crippen molar-refractivity contribution in [3.05, 3.63) is 71.1 Å². The number of allylic oxidation sites excluding steroid dienone is 1. The second kappa shape index (κ2) is 6.41. The van der Waals surface area contributed by atoms with Gasteiger partial charge in [0.05, 0.1) is 11.1 Å². The van der Waals surface area contributed by atoms with Gasteiger partial charge < -0.3 is 4.57 Å². The number of carbonyl (C=O) groups is 1. The quantitative estimate of drug-likeness (QED) is 0.436. The monoisotopic (exact) mass is 309 g/mol. The summed E-state index contributed by atoms with van der Waals surface area (Å²) in [6.07, 6.45) is 5.53. The molecule has 0 fully saturated rings. The molecule has 3 rings (SSSR count). The van der Waals surface area contributed by atoms with Gasteiger partial charge in [0.15, 0.2) is 0 Å². The second-order valence-corrected chi connectivity index (χ2v) is 5.67. The summed E-state index contributed by atoms with van der Waals surface area (Å²) in [5.74, 6) is -0.193. The third-order valence-electron chi connectivity index (χ3n) is 3.26. The highest BCUT2D eigenvalue weighted by Gasteiger charge is 2.06. The fourth-order valence-electron chi connectivity index (χ4n) is 2.29. The molecule has 0 unspecified atom stereocenters. The number of nitrogens with one attached hydrogen (secondary N) is 1. The van der Waals surface area contributed by atoms with Gasteiger partial charge in [-0.2, -0.15) is 5.10 Å². The van der Waals surface area contributed by atoms with E-state index in [4.69, 9.17) is 0 Å². The molecule has 1 aromatic carbocycles. The van der Waals surface area contributed by atoms with E-state index in [0.29, 0.717) is 4.88 Å². The Morgan fingerprint density at radius 1 is 1.32 bits per heavy atom. The maximum atomic E-state index is 11.8. The Labute approximate surface area is 132 Å². The van der Waals surface area contributed by atoms with Gasteiger partial charge in [0.25, 0.3) is 5.91 Å². The van der Waals surface area contributed by atoms with E-state index in [1.165, 1.54) is 11.3 Å². The lowest BCUT2D eigenvalue weighted by Crippen LogP contribution is -2.16. The van der Waals surface area contributed by atoms with Crippen LogP contribution in [-0.2, 0) is 6.54 Å². The zero-order valence-corrected chi connectivity index (χ0v) is 12.7. The van der Waals surface area contributed by atoms with Gasteiger partial charge in [-0.15, -0.1) is 17.9 Å². The van der Waals surface area contributed by atoms with Crippen molar-refractivity contribution < 1.29 is 4.79 Å². The molecular formula is C17H15N3OS. The highest BCUT2D eigenvalue weighted by molar-refractivity contribution is 7.12. The maximum Gasteiger partial charge on any atom is 0.281 e. The SMILES string of the molecule is C=CCn1cc(/C=N\NC(=O)c2cccs2)c2ccccc21. The smallest absolute Gasteiger partial charge is 0.281 e. The predicted octanol–water partition coefficient (Wildman–Crippen LogP) is 3.65. The molecular weight excluding hydrogens is 294 g/mol. The minimum atomic E-state index is -0.193. The molecule has 0 aliphatic heterocycles. The van der Waals surface area contributed by atoms with Crippen LogP contribution in [0.5, 0.6) is 0 Å². The van der Waals surface area contributed by atoms with Gasteiger partial charge in [0.2, 0.25) is 0 Å². The number of para-hydroxylation sites is 1. The van der Waals surface area contributed by atoms with E-state index >= 15 is 0 Å². The number of benzene rings is 1. The number of hydrogen-bond donors (Lipinski definition) is 1. The number of amides is 1. The first-order chi connectivity index (χ1) is 10.8. The molecule has 0 radical (unpaired) electrons. The number of nitrogens with zero attached hydrogens (tertiary/aromatic N) is 2. The van der Waals surface area contributed by atoms with E-state index in [1.54, 1.807) is 12.3 Å². The standard InChI is InChI=1S/C17H15N3OS/c1-2-9-20-12-13(14-6-3-4-7-15(14)20)11-18-19-17(21)16-8-5-10-22-16/h2-8,10-12H,1,9H2,(H,19,21)/b18-11-. The van der Waals surface area contributed by atoms with Crippen molar-refractivity contribution in [1.82, 2.24) is 9.99 Å². The van der Waals surface area contributed by atoms with Crippen molar-refractivity contribution >= 4 is 34.4 Å². The van der Waals surface area contributed by atoms with Crippen LogP contribution in [-0.4, -0.2) is 16.7 Å². The summed E-state index contributed by atoms with van der Waals surface area (Å²) >= 11 is 1.39. The summed E-state index contributed by atoms with van der Waals surface area (Å²) in [5.41, 5.74) is 4.63. The number of aromatic nitrogens is 1. The first-order valence-corrected chi connectivity index (χ1v) is 7.73. The summed E-state index contributed by atoms with van der Waals surface area (Å²) in [6, 6.07) is 11.7. The van der Waals surface area contributed by atoms with E-state index < -0.39 is 0 Å². The van der Waals surface area contributed by atoms with Crippen LogP contribution in [0.2, 0.25) is 0 Å². The molecule has 1 N–H and O–H groups in total. The molecule has 1 amide bonds. The Morgan fingerprint density at radius 2 is 2.18 bits per heavy atom. The fourth-order valence-corrected chi connectivity index (χ4v) is 2.91. The molecule has 110 valence electrons. The lowest BCUT2D eigenvalue weighted by molar-refractivity contribution is 0.0959. The summed E-state index contributed by atoms with van der Waals surface area (Å²) < 4.78 is 2.10. The zero-order chi connectivity index (χ0) is 15.4. The summed E-state index contributed by atoms with van der Waals surface area (Å²) in [4.78, 5) is 12.5. The van der Waals surface area contributed by atoms with Gasteiger partial charge in [-0.25, -0.2) is 5.43 Å². The van der Waals surface area contributed by atoms with Gasteiger partial charge >= 0.3 is 0 Å². The van der Waals surface area contributed by atoms with Crippen LogP contribution in [0.3, 0.4) is 0 Å². The maximum absolute atomic E-state index is 11.8. The highest BCUT2D eigenvalue weighted by Crippen LogP contribution is 2.20. The molecule has 0 aliphatic carbocycles. The van der Waals surface area contributed by atoms with Crippen molar-refractivity contribution in [2.75, 3.05) is 0 Å². The Morgan fingerprint density at radius 3 is 2.95 bits per heavy atom. The number of rotatable bonds is 5. The number of hydrogen-bond acceptors (Lipinski definition) is 3. The Balaban J connectivity index is 1.83. The molecule has 22 heavy (non-hydrogen) atoms. The van der Waals surface area contributed by atoms with Crippen molar-refractivity contribution in [2.24, 2.45) is 5.10 Å². The highest BCUT2D eigenvalue weighted by atomic mass is 32.1. The third-order valence-corrected chi connectivity index (χ3v) is 4.13. The van der Waals surface area contributed by atoms with Gasteiger partial charge in [-0.1, -0.05) is 30.3 Å². The molecule has 0 aliphatic rings. The van der Waals surface area contributed by atoms with Crippen molar-refractivity contribution in [3.8, 4) is 0 Å². The lowest BCUT2D eigenvalue weighted by Gasteiger charge is -1.98. The molecule has 0 saturated carbocycles. The zero-order valence-electron chi connectivity index (χ0n) is 11.9. The average molecular weight is 309 g/mol. The van der Waals surface area contributed by atoms with E-state index in [0.717, 1.165) is 23.0 Å². The molecule has 0 saturated heterocycles. The van der Waals surface area contributed by atoms with Crippen molar-refractivity contribution in [2.45, 2.75) is 6.54 Å². The number of fused-ring (bicyclic) bond motifs is 1. The molecule has 5 heteroatoms. The molecule has 3 aromatic rings. The van der Waals surface area contributed by atoms with E-state index in [1.807, 2.05) is 41.9 Å². The first-order valence-electron chi connectivity index (χ1n) is 6.85. The van der Waals surface area contributed by atoms with Crippen LogP contribution in [0.15, 0.2) is 65.7 Å². The summed E-state index contributed by atoms with van der Waals surface area (Å²) in [5, 5.41) is 7.02. The van der Waals surface area contributed by atoms with Gasteiger partial charge in [0.1, 0.15) is 0 Å². The van der Waals surface area contributed by atoms with Crippen molar-refractivity contribution in [1.29, 1.82) is 0 Å². The molecule has 2 aromatic heterocycles. The van der Waals surface area contributed by atoms with Crippen LogP contribution in [0.4, 0.5) is 0 Å². The van der Waals surface area contributed by atoms with E-state index in [2.05, 4.69) is 27.7 Å². The molecule has 2 heterocycles. The van der Waals surface area contributed by atoms with Crippen LogP contribution < -0.4 is 5.43 Å².